The van der Waals surface area contributed by atoms with Crippen LogP contribution >= 0.6 is 35.8 Å². The van der Waals surface area contributed by atoms with Crippen LogP contribution in [0.2, 0.25) is 5.02 Å². The third-order valence-electron chi connectivity index (χ3n) is 4.59. The molecule has 0 unspecified atom stereocenters. The minimum Gasteiger partial charge on any atom is -0.354 e. The van der Waals surface area contributed by atoms with Crippen LogP contribution < -0.4 is 5.32 Å². The van der Waals surface area contributed by atoms with Crippen molar-refractivity contribution in [2.24, 2.45) is 0 Å². The van der Waals surface area contributed by atoms with E-state index in [4.69, 9.17) is 11.6 Å². The molecule has 0 aliphatic carbocycles. The Kier molecular flexibility index (Phi) is 6.82. The number of benzene rings is 1. The van der Waals surface area contributed by atoms with E-state index in [0.717, 1.165) is 17.2 Å². The molecule has 9 heteroatoms. The summed E-state index contributed by atoms with van der Waals surface area (Å²) in [5.41, 5.74) is 2.87. The van der Waals surface area contributed by atoms with Gasteiger partial charge >= 0.3 is 0 Å². The van der Waals surface area contributed by atoms with Gasteiger partial charge in [-0.3, -0.25) is 4.79 Å². The van der Waals surface area contributed by atoms with Crippen molar-refractivity contribution in [1.82, 2.24) is 14.9 Å². The summed E-state index contributed by atoms with van der Waals surface area (Å²) in [7, 11) is 0. The number of anilines is 2. The number of rotatable bonds is 3. The van der Waals surface area contributed by atoms with Crippen molar-refractivity contribution in [3.63, 3.8) is 0 Å². The van der Waals surface area contributed by atoms with Crippen molar-refractivity contribution < 1.29 is 9.18 Å². The van der Waals surface area contributed by atoms with Crippen molar-refractivity contribution in [2.75, 3.05) is 29.9 Å². The maximum atomic E-state index is 13.9. The first-order valence-electron chi connectivity index (χ1n) is 8.88. The van der Waals surface area contributed by atoms with Gasteiger partial charge in [-0.15, -0.1) is 12.4 Å². The second-order valence-electron chi connectivity index (χ2n) is 6.53. The first-order valence-corrected chi connectivity index (χ1v) is 10.4. The maximum Gasteiger partial charge on any atom is 0.257 e. The Morgan fingerprint density at radius 1 is 1.24 bits per heavy atom. The summed E-state index contributed by atoms with van der Waals surface area (Å²) < 4.78 is 13.9. The number of hydrogen-bond donors (Lipinski definition) is 1. The van der Waals surface area contributed by atoms with Gasteiger partial charge in [0.05, 0.1) is 16.3 Å². The smallest absolute Gasteiger partial charge is 0.257 e. The number of nitrogens with one attached hydrogen (secondary N) is 1. The molecule has 0 spiro atoms. The van der Waals surface area contributed by atoms with Crippen LogP contribution in [0, 0.1) is 12.7 Å². The van der Waals surface area contributed by atoms with Crippen LogP contribution in [0.4, 0.5) is 15.8 Å². The number of hydrogen-bond acceptors (Lipinski definition) is 5. The molecule has 1 N–H and O–H groups in total. The summed E-state index contributed by atoms with van der Waals surface area (Å²) in [6.45, 7) is 3.28. The van der Waals surface area contributed by atoms with Gasteiger partial charge in [-0.05, 0) is 37.3 Å². The van der Waals surface area contributed by atoms with E-state index >= 15 is 0 Å². The number of nitrogens with zero attached hydrogens (tertiary/aromatic N) is 3. The van der Waals surface area contributed by atoms with Gasteiger partial charge in [0.15, 0.2) is 5.65 Å². The average Bonchev–Trinajstić information content (AvgIpc) is 2.71. The van der Waals surface area contributed by atoms with E-state index in [0.29, 0.717) is 41.1 Å². The van der Waals surface area contributed by atoms with E-state index in [2.05, 4.69) is 15.3 Å². The zero-order valence-electron chi connectivity index (χ0n) is 15.6. The number of aryl methyl sites for hydroxylation is 1. The summed E-state index contributed by atoms with van der Waals surface area (Å²) in [5.74, 6) is 1.21. The van der Waals surface area contributed by atoms with Crippen LogP contribution in [0.25, 0.3) is 11.0 Å². The molecule has 3 aromatic rings. The summed E-state index contributed by atoms with van der Waals surface area (Å²) in [4.78, 5) is 23.8. The highest BCUT2D eigenvalue weighted by Crippen LogP contribution is 2.31. The highest BCUT2D eigenvalue weighted by Gasteiger charge is 2.23. The van der Waals surface area contributed by atoms with Gasteiger partial charge in [-0.2, -0.15) is 11.8 Å². The normalized spacial score (nSPS) is 13.8. The molecule has 3 heterocycles. The van der Waals surface area contributed by atoms with Crippen LogP contribution in [0.5, 0.6) is 0 Å². The monoisotopic (exact) mass is 452 g/mol. The van der Waals surface area contributed by atoms with E-state index in [-0.39, 0.29) is 23.3 Å². The number of pyridine rings is 2. The number of thioether (sulfide) groups is 1. The molecule has 1 amide bonds. The van der Waals surface area contributed by atoms with Crippen LogP contribution in [0.1, 0.15) is 16.1 Å². The summed E-state index contributed by atoms with van der Waals surface area (Å²) in [6.07, 6.45) is 1.55. The minimum absolute atomic E-state index is 0. The predicted octanol–water partition coefficient (Wildman–Crippen LogP) is 5.09. The molecule has 1 aliphatic heterocycles. The lowest BCUT2D eigenvalue weighted by Crippen LogP contribution is -2.38. The fourth-order valence-electron chi connectivity index (χ4n) is 3.12. The Bertz CT molecular complexity index is 1060. The van der Waals surface area contributed by atoms with E-state index < -0.39 is 5.82 Å². The Morgan fingerprint density at radius 3 is 2.72 bits per heavy atom. The molecule has 0 radical (unpaired) electrons. The van der Waals surface area contributed by atoms with E-state index in [1.807, 2.05) is 35.7 Å². The van der Waals surface area contributed by atoms with Crippen LogP contribution in [-0.4, -0.2) is 45.4 Å². The van der Waals surface area contributed by atoms with Gasteiger partial charge in [0.2, 0.25) is 0 Å². The number of fused-ring (bicyclic) bond motifs is 1. The lowest BCUT2D eigenvalue weighted by molar-refractivity contribution is 0.0773. The molecular formula is C20H19Cl2FN4OS. The Labute approximate surface area is 183 Å². The number of aromatic nitrogens is 2. The third kappa shape index (κ3) is 4.57. The van der Waals surface area contributed by atoms with Crippen molar-refractivity contribution >= 4 is 64.1 Å². The van der Waals surface area contributed by atoms with Crippen LogP contribution in [-0.2, 0) is 0 Å². The first-order chi connectivity index (χ1) is 13.5. The van der Waals surface area contributed by atoms with Crippen molar-refractivity contribution in [3.05, 3.63) is 58.6 Å². The lowest BCUT2D eigenvalue weighted by Gasteiger charge is -2.27. The molecule has 0 atom stereocenters. The van der Waals surface area contributed by atoms with E-state index in [1.165, 1.54) is 12.1 Å². The number of amides is 1. The zero-order valence-corrected chi connectivity index (χ0v) is 18.0. The average molecular weight is 453 g/mol. The molecule has 4 rings (SSSR count). The highest BCUT2D eigenvalue weighted by molar-refractivity contribution is 7.99. The van der Waals surface area contributed by atoms with Gasteiger partial charge in [0, 0.05) is 47.6 Å². The maximum absolute atomic E-state index is 13.9. The Morgan fingerprint density at radius 2 is 2.00 bits per heavy atom. The second kappa shape index (κ2) is 9.15. The van der Waals surface area contributed by atoms with Gasteiger partial charge in [-0.1, -0.05) is 11.6 Å². The topological polar surface area (TPSA) is 58.1 Å². The van der Waals surface area contributed by atoms with E-state index in [1.54, 1.807) is 12.3 Å². The molecule has 1 aromatic carbocycles. The zero-order chi connectivity index (χ0) is 19.7. The van der Waals surface area contributed by atoms with Crippen molar-refractivity contribution in [3.8, 4) is 0 Å². The molecule has 1 fully saturated rings. The molecule has 152 valence electrons. The SMILES string of the molecule is Cc1ccc2c(Nc3ccc(Cl)c(F)c3)c(C(=O)N3CCSCC3)cnc2n1.Cl. The van der Waals surface area contributed by atoms with Crippen LogP contribution in [0.3, 0.4) is 0 Å². The molecule has 1 saturated heterocycles. The fourth-order valence-corrected chi connectivity index (χ4v) is 4.14. The highest BCUT2D eigenvalue weighted by atomic mass is 35.5. The quantitative estimate of drug-likeness (QED) is 0.599. The number of halogens is 3. The minimum atomic E-state index is -0.528. The molecule has 0 bridgehead atoms. The van der Waals surface area contributed by atoms with E-state index in [9.17, 15) is 9.18 Å². The van der Waals surface area contributed by atoms with Crippen LogP contribution in [0.15, 0.2) is 36.5 Å². The molecule has 1 aliphatic rings. The molecule has 2 aromatic heterocycles. The molecular weight excluding hydrogens is 434 g/mol. The Hall–Kier alpha value is -2.09. The molecule has 5 nitrogen and oxygen atoms in total. The lowest BCUT2D eigenvalue weighted by atomic mass is 10.1. The standard InChI is InChI=1S/C20H18ClFN4OS.ClH/c1-12-2-4-14-18(25-13-3-5-16(21)17(22)10-13)15(11-23-19(14)24-12)20(27)26-6-8-28-9-7-26;/h2-5,10-11H,6-9H2,1H3,(H,23,24,25);1H. The fraction of sp³-hybridized carbons (Fsp3) is 0.250. The van der Waals surface area contributed by atoms with Crippen molar-refractivity contribution in [1.29, 1.82) is 0 Å². The van der Waals surface area contributed by atoms with Gasteiger partial charge in [-0.25, -0.2) is 14.4 Å². The van der Waals surface area contributed by atoms with Gasteiger partial charge < -0.3 is 10.2 Å². The largest absolute Gasteiger partial charge is 0.354 e. The first kappa shape index (κ1) is 21.6. The van der Waals surface area contributed by atoms with Gasteiger partial charge in [0.1, 0.15) is 5.82 Å². The molecule has 0 saturated carbocycles. The Balaban J connectivity index is 0.00000240. The molecule has 29 heavy (non-hydrogen) atoms. The van der Waals surface area contributed by atoms with Gasteiger partial charge in [0.25, 0.3) is 5.91 Å². The third-order valence-corrected chi connectivity index (χ3v) is 5.84. The summed E-state index contributed by atoms with van der Waals surface area (Å²) in [6, 6.07) is 8.20. The van der Waals surface area contributed by atoms with Crippen molar-refractivity contribution in [2.45, 2.75) is 6.92 Å². The summed E-state index contributed by atoms with van der Waals surface area (Å²) in [5, 5.41) is 3.94. The predicted molar refractivity (Wildman–Crippen MR) is 119 cm³/mol. The number of carbonyl (C=O) groups is 1. The second-order valence-corrected chi connectivity index (χ2v) is 8.16. The number of carbonyl (C=O) groups excluding carboxylic acids is 1. The summed E-state index contributed by atoms with van der Waals surface area (Å²) >= 11 is 7.63.